The molecule has 266 valence electrons. The van der Waals surface area contributed by atoms with Crippen molar-refractivity contribution in [1.29, 1.82) is 0 Å². The fraction of sp³-hybridized carbons (Fsp3) is 0. The van der Waals surface area contributed by atoms with Crippen molar-refractivity contribution < 1.29 is 0 Å². The van der Waals surface area contributed by atoms with Crippen molar-refractivity contribution in [3.8, 4) is 51.0 Å². The number of hydrogen-bond acceptors (Lipinski definition) is 5. The number of thiophene rings is 2. The molecular weight excluding hydrogens is 733 g/mol. The van der Waals surface area contributed by atoms with E-state index in [9.17, 15) is 0 Å². The van der Waals surface area contributed by atoms with Gasteiger partial charge in [0.05, 0.1) is 21.4 Å². The molecule has 4 heterocycles. The van der Waals surface area contributed by atoms with Gasteiger partial charge in [-0.25, -0.2) is 15.0 Å². The maximum atomic E-state index is 4.98. The maximum Gasteiger partial charge on any atom is 0.164 e. The van der Waals surface area contributed by atoms with Gasteiger partial charge in [0.25, 0.3) is 0 Å². The van der Waals surface area contributed by atoms with E-state index in [2.05, 4.69) is 126 Å². The third kappa shape index (κ3) is 5.22. The summed E-state index contributed by atoms with van der Waals surface area (Å²) in [4.78, 5) is 14.8. The molecule has 4 nitrogen and oxygen atoms in total. The molecule has 57 heavy (non-hydrogen) atoms. The minimum atomic E-state index is 0.666. The Labute approximate surface area is 335 Å². The minimum Gasteiger partial charge on any atom is -0.308 e. The highest BCUT2D eigenvalue weighted by molar-refractivity contribution is 7.26. The number of aromatic nitrogens is 4. The van der Waals surface area contributed by atoms with Gasteiger partial charge in [-0.1, -0.05) is 146 Å². The van der Waals surface area contributed by atoms with Crippen LogP contribution in [0.1, 0.15) is 0 Å². The zero-order valence-corrected chi connectivity index (χ0v) is 32.1. The van der Waals surface area contributed by atoms with Gasteiger partial charge < -0.3 is 4.57 Å². The highest BCUT2D eigenvalue weighted by atomic mass is 32.1. The molecule has 0 saturated heterocycles. The smallest absolute Gasteiger partial charge is 0.164 e. The molecule has 6 heteroatoms. The van der Waals surface area contributed by atoms with Gasteiger partial charge in [-0.05, 0) is 47.5 Å². The summed E-state index contributed by atoms with van der Waals surface area (Å²) < 4.78 is 7.50. The number of nitrogens with zero attached hydrogens (tertiary/aromatic N) is 4. The average molecular weight is 763 g/mol. The van der Waals surface area contributed by atoms with Crippen molar-refractivity contribution in [3.05, 3.63) is 182 Å². The Hall–Kier alpha value is -6.99. The van der Waals surface area contributed by atoms with Crippen LogP contribution in [0.5, 0.6) is 0 Å². The van der Waals surface area contributed by atoms with Gasteiger partial charge in [-0.3, -0.25) is 0 Å². The molecule has 0 unspecified atom stereocenters. The van der Waals surface area contributed by atoms with Gasteiger partial charge in [0.2, 0.25) is 0 Å². The van der Waals surface area contributed by atoms with Crippen LogP contribution in [-0.2, 0) is 0 Å². The number of para-hydroxylation sites is 2. The van der Waals surface area contributed by atoms with Crippen molar-refractivity contribution in [2.45, 2.75) is 0 Å². The first-order valence-electron chi connectivity index (χ1n) is 19.0. The molecule has 0 saturated carbocycles. The van der Waals surface area contributed by atoms with Crippen molar-refractivity contribution in [2.24, 2.45) is 0 Å². The molecule has 0 atom stereocenters. The zero-order valence-electron chi connectivity index (χ0n) is 30.4. The first-order valence-corrected chi connectivity index (χ1v) is 20.6. The van der Waals surface area contributed by atoms with Crippen molar-refractivity contribution >= 4 is 84.8 Å². The molecular formula is C51H30N4S2. The lowest BCUT2D eigenvalue weighted by Crippen LogP contribution is -1.99. The quantitative estimate of drug-likeness (QED) is 0.175. The Morgan fingerprint density at radius 3 is 1.33 bits per heavy atom. The van der Waals surface area contributed by atoms with Crippen LogP contribution in [0.4, 0.5) is 0 Å². The molecule has 4 aromatic heterocycles. The molecule has 0 N–H and O–H groups in total. The van der Waals surface area contributed by atoms with Gasteiger partial charge in [0.15, 0.2) is 17.5 Å². The van der Waals surface area contributed by atoms with E-state index < -0.39 is 0 Å². The molecule has 0 amide bonds. The van der Waals surface area contributed by atoms with Gasteiger partial charge in [-0.15, -0.1) is 22.7 Å². The predicted octanol–water partition coefficient (Wildman–Crippen LogP) is 14.4. The van der Waals surface area contributed by atoms with Crippen LogP contribution in [0.15, 0.2) is 182 Å². The Kier molecular flexibility index (Phi) is 7.24. The van der Waals surface area contributed by atoms with Crippen LogP contribution in [0, 0.1) is 0 Å². The lowest BCUT2D eigenvalue weighted by molar-refractivity contribution is 1.07. The summed E-state index contributed by atoms with van der Waals surface area (Å²) in [7, 11) is 0. The van der Waals surface area contributed by atoms with E-state index >= 15 is 0 Å². The fourth-order valence-electron chi connectivity index (χ4n) is 8.35. The van der Waals surface area contributed by atoms with E-state index in [-0.39, 0.29) is 0 Å². The van der Waals surface area contributed by atoms with E-state index in [1.165, 1.54) is 79.0 Å². The van der Waals surface area contributed by atoms with E-state index in [1.54, 1.807) is 0 Å². The summed E-state index contributed by atoms with van der Waals surface area (Å²) in [5.41, 5.74) is 9.03. The molecule has 0 bridgehead atoms. The van der Waals surface area contributed by atoms with Crippen molar-refractivity contribution in [2.75, 3.05) is 0 Å². The molecule has 0 aliphatic heterocycles. The van der Waals surface area contributed by atoms with E-state index in [4.69, 9.17) is 15.0 Å². The average Bonchev–Trinajstić information content (AvgIpc) is 3.95. The van der Waals surface area contributed by atoms with Crippen LogP contribution < -0.4 is 0 Å². The number of benzene rings is 8. The van der Waals surface area contributed by atoms with Crippen LogP contribution in [0.3, 0.4) is 0 Å². The molecule has 12 aromatic rings. The summed E-state index contributed by atoms with van der Waals surface area (Å²) in [6.45, 7) is 0. The Balaban J connectivity index is 0.944. The SMILES string of the molecule is c1ccc(-c2nc(-c3ccccc3)nc(-c3ccc4c(c3)sc3cc(-c5ccc6c(c5)sc5c(-n7c8ccccc8c8ccccc87)cccc56)ccc34)n2)cc1. The lowest BCUT2D eigenvalue weighted by atomic mass is 10.0. The Morgan fingerprint density at radius 2 is 0.754 bits per heavy atom. The van der Waals surface area contributed by atoms with Crippen LogP contribution in [0.2, 0.25) is 0 Å². The second-order valence-corrected chi connectivity index (χ2v) is 16.5. The normalized spacial score (nSPS) is 11.9. The highest BCUT2D eigenvalue weighted by Crippen LogP contribution is 2.43. The maximum absolute atomic E-state index is 4.98. The molecule has 0 aliphatic carbocycles. The third-order valence-electron chi connectivity index (χ3n) is 11.1. The Morgan fingerprint density at radius 1 is 0.316 bits per heavy atom. The second kappa shape index (κ2) is 12.8. The van der Waals surface area contributed by atoms with E-state index in [0.29, 0.717) is 17.5 Å². The highest BCUT2D eigenvalue weighted by Gasteiger charge is 2.18. The molecule has 0 radical (unpaired) electrons. The second-order valence-electron chi connectivity index (χ2n) is 14.4. The summed E-state index contributed by atoms with van der Waals surface area (Å²) in [5.74, 6) is 2.00. The number of fused-ring (bicyclic) bond motifs is 9. The van der Waals surface area contributed by atoms with Gasteiger partial charge >= 0.3 is 0 Å². The molecule has 12 rings (SSSR count). The van der Waals surface area contributed by atoms with Crippen LogP contribution in [-0.4, -0.2) is 19.5 Å². The largest absolute Gasteiger partial charge is 0.308 e. The summed E-state index contributed by atoms with van der Waals surface area (Å²) in [6, 6.07) is 64.9. The van der Waals surface area contributed by atoms with Crippen LogP contribution >= 0.6 is 22.7 Å². The van der Waals surface area contributed by atoms with E-state index in [0.717, 1.165) is 16.7 Å². The zero-order chi connectivity index (χ0) is 37.5. The van der Waals surface area contributed by atoms with Crippen LogP contribution in [0.25, 0.3) is 113 Å². The number of rotatable bonds is 5. The monoisotopic (exact) mass is 762 g/mol. The molecule has 0 fully saturated rings. The molecule has 0 spiro atoms. The predicted molar refractivity (Wildman–Crippen MR) is 242 cm³/mol. The van der Waals surface area contributed by atoms with Gasteiger partial charge in [0, 0.05) is 63.1 Å². The van der Waals surface area contributed by atoms with E-state index in [1.807, 2.05) is 83.3 Å². The minimum absolute atomic E-state index is 0.666. The molecule has 8 aromatic carbocycles. The van der Waals surface area contributed by atoms with Crippen molar-refractivity contribution in [3.63, 3.8) is 0 Å². The molecule has 0 aliphatic rings. The standard InChI is InChI=1S/C51H30N4S2/c1-3-12-31(13-4-1)49-52-50(32-14-5-2-6-15-32)54-51(53-49)35-24-27-39-38-25-22-33(28-45(38)56-46(39)30-35)34-23-26-40-41-18-11-21-44(48(41)57-47(40)29-34)55-42-19-9-7-16-36(42)37-17-8-10-20-43(37)55/h1-30H. The summed E-state index contributed by atoms with van der Waals surface area (Å²) >= 11 is 3.70. The Bertz CT molecular complexity index is 3410. The summed E-state index contributed by atoms with van der Waals surface area (Å²) in [5, 5.41) is 7.64. The third-order valence-corrected chi connectivity index (χ3v) is 13.4. The van der Waals surface area contributed by atoms with Crippen molar-refractivity contribution in [1.82, 2.24) is 19.5 Å². The number of hydrogen-bond donors (Lipinski definition) is 0. The first-order chi connectivity index (χ1) is 28.2. The van der Waals surface area contributed by atoms with Gasteiger partial charge in [-0.2, -0.15) is 0 Å². The topological polar surface area (TPSA) is 43.6 Å². The summed E-state index contributed by atoms with van der Waals surface area (Å²) in [6.07, 6.45) is 0. The van der Waals surface area contributed by atoms with Gasteiger partial charge in [0.1, 0.15) is 0 Å². The lowest BCUT2D eigenvalue weighted by Gasteiger charge is -2.09. The first kappa shape index (κ1) is 32.3. The fourth-order valence-corrected chi connectivity index (χ4v) is 10.8.